The van der Waals surface area contributed by atoms with Gasteiger partial charge in [0.1, 0.15) is 0 Å². The van der Waals surface area contributed by atoms with Gasteiger partial charge in [-0.1, -0.05) is 30.3 Å². The molecule has 0 radical (unpaired) electrons. The molecule has 0 bridgehead atoms. The number of thioether (sulfide) groups is 1. The smallest absolute Gasteiger partial charge is 0.191 e. The SMILES string of the molecule is CN=C(NCCCCSC)NC1CC1c1ccccc1. The average molecular weight is 291 g/mol. The maximum atomic E-state index is 4.30. The Bertz CT molecular complexity index is 419. The van der Waals surface area contributed by atoms with Crippen LogP contribution < -0.4 is 10.6 Å². The number of unbranched alkanes of at least 4 members (excludes halogenated alkanes) is 1. The van der Waals surface area contributed by atoms with Gasteiger partial charge >= 0.3 is 0 Å². The van der Waals surface area contributed by atoms with Crippen molar-refractivity contribution in [2.24, 2.45) is 4.99 Å². The van der Waals surface area contributed by atoms with Crippen molar-refractivity contribution in [3.8, 4) is 0 Å². The first kappa shape index (κ1) is 15.2. The zero-order chi connectivity index (χ0) is 14.2. The van der Waals surface area contributed by atoms with E-state index in [0.29, 0.717) is 12.0 Å². The number of nitrogens with zero attached hydrogens (tertiary/aromatic N) is 1. The van der Waals surface area contributed by atoms with Crippen LogP contribution in [0.2, 0.25) is 0 Å². The number of nitrogens with one attached hydrogen (secondary N) is 2. The highest BCUT2D eigenvalue weighted by molar-refractivity contribution is 7.98. The minimum Gasteiger partial charge on any atom is -0.356 e. The Morgan fingerprint density at radius 3 is 2.80 bits per heavy atom. The molecular formula is C16H25N3S. The van der Waals surface area contributed by atoms with Gasteiger partial charge in [0.25, 0.3) is 0 Å². The molecule has 0 amide bonds. The number of hydrogen-bond acceptors (Lipinski definition) is 2. The van der Waals surface area contributed by atoms with Crippen LogP contribution in [0.3, 0.4) is 0 Å². The van der Waals surface area contributed by atoms with E-state index < -0.39 is 0 Å². The van der Waals surface area contributed by atoms with E-state index in [2.05, 4.69) is 52.2 Å². The Labute approximate surface area is 126 Å². The Morgan fingerprint density at radius 1 is 1.30 bits per heavy atom. The van der Waals surface area contributed by atoms with Crippen LogP contribution in [0.4, 0.5) is 0 Å². The van der Waals surface area contributed by atoms with Gasteiger partial charge < -0.3 is 10.6 Å². The predicted molar refractivity (Wildman–Crippen MR) is 89.7 cm³/mol. The van der Waals surface area contributed by atoms with Crippen molar-refractivity contribution in [3.05, 3.63) is 35.9 Å². The van der Waals surface area contributed by atoms with Gasteiger partial charge in [-0.15, -0.1) is 0 Å². The zero-order valence-electron chi connectivity index (χ0n) is 12.4. The zero-order valence-corrected chi connectivity index (χ0v) is 13.2. The summed E-state index contributed by atoms with van der Waals surface area (Å²) in [5.74, 6) is 2.83. The van der Waals surface area contributed by atoms with E-state index in [1.54, 1.807) is 0 Å². The number of guanidine groups is 1. The molecule has 3 nitrogen and oxygen atoms in total. The summed E-state index contributed by atoms with van der Waals surface area (Å²) in [6.45, 7) is 1.00. The third-order valence-corrected chi connectivity index (χ3v) is 4.33. The summed E-state index contributed by atoms with van der Waals surface area (Å²) in [4.78, 5) is 4.30. The van der Waals surface area contributed by atoms with Gasteiger partial charge in [-0.3, -0.25) is 4.99 Å². The topological polar surface area (TPSA) is 36.4 Å². The molecule has 0 saturated heterocycles. The van der Waals surface area contributed by atoms with E-state index in [1.807, 2.05) is 18.8 Å². The molecule has 0 spiro atoms. The quantitative estimate of drug-likeness (QED) is 0.461. The fourth-order valence-corrected chi connectivity index (χ4v) is 2.86. The summed E-state index contributed by atoms with van der Waals surface area (Å²) in [7, 11) is 1.84. The van der Waals surface area contributed by atoms with Gasteiger partial charge in [0.15, 0.2) is 5.96 Å². The molecular weight excluding hydrogens is 266 g/mol. The molecule has 0 heterocycles. The molecule has 2 N–H and O–H groups in total. The molecule has 0 aromatic heterocycles. The van der Waals surface area contributed by atoms with Gasteiger partial charge in [0.2, 0.25) is 0 Å². The lowest BCUT2D eigenvalue weighted by Crippen LogP contribution is -2.39. The minimum absolute atomic E-state index is 0.537. The first-order valence-electron chi connectivity index (χ1n) is 7.36. The van der Waals surface area contributed by atoms with Crippen molar-refractivity contribution in [3.63, 3.8) is 0 Å². The Hall–Kier alpha value is -1.16. The van der Waals surface area contributed by atoms with Crippen LogP contribution in [0.15, 0.2) is 35.3 Å². The van der Waals surface area contributed by atoms with Gasteiger partial charge in [-0.25, -0.2) is 0 Å². The molecule has 1 aromatic carbocycles. The summed E-state index contributed by atoms with van der Waals surface area (Å²) >= 11 is 1.91. The van der Waals surface area contributed by atoms with Crippen LogP contribution in [-0.2, 0) is 0 Å². The van der Waals surface area contributed by atoms with Crippen molar-refractivity contribution in [2.75, 3.05) is 25.6 Å². The lowest BCUT2D eigenvalue weighted by Gasteiger charge is -2.11. The first-order chi connectivity index (χ1) is 9.85. The largest absolute Gasteiger partial charge is 0.356 e. The molecule has 1 aromatic rings. The van der Waals surface area contributed by atoms with Gasteiger partial charge in [0, 0.05) is 25.6 Å². The highest BCUT2D eigenvalue weighted by atomic mass is 32.2. The van der Waals surface area contributed by atoms with E-state index >= 15 is 0 Å². The van der Waals surface area contributed by atoms with Crippen LogP contribution in [0.5, 0.6) is 0 Å². The maximum Gasteiger partial charge on any atom is 0.191 e. The molecule has 2 atom stereocenters. The van der Waals surface area contributed by atoms with Gasteiger partial charge in [0.05, 0.1) is 0 Å². The highest BCUT2D eigenvalue weighted by Gasteiger charge is 2.38. The number of rotatable bonds is 7. The third kappa shape index (κ3) is 4.75. The molecule has 2 rings (SSSR count). The lowest BCUT2D eigenvalue weighted by atomic mass is 10.1. The van der Waals surface area contributed by atoms with E-state index in [-0.39, 0.29) is 0 Å². The molecule has 1 saturated carbocycles. The molecule has 110 valence electrons. The predicted octanol–water partition coefficient (Wildman–Crippen LogP) is 2.85. The van der Waals surface area contributed by atoms with Crippen LogP contribution in [0, 0.1) is 0 Å². The number of aliphatic imine (C=N–C) groups is 1. The Morgan fingerprint density at radius 2 is 2.10 bits per heavy atom. The van der Waals surface area contributed by atoms with E-state index in [0.717, 1.165) is 12.5 Å². The average Bonchev–Trinajstić information content (AvgIpc) is 3.26. The van der Waals surface area contributed by atoms with E-state index in [9.17, 15) is 0 Å². The summed E-state index contributed by atoms with van der Waals surface area (Å²) in [5.41, 5.74) is 1.43. The molecule has 20 heavy (non-hydrogen) atoms. The second-order valence-electron chi connectivity index (χ2n) is 5.20. The lowest BCUT2D eigenvalue weighted by molar-refractivity contribution is 0.728. The second kappa shape index (κ2) is 8.20. The molecule has 4 heteroatoms. The van der Waals surface area contributed by atoms with Gasteiger partial charge in [-0.05, 0) is 36.8 Å². The molecule has 1 aliphatic rings. The molecule has 2 unspecified atom stereocenters. The summed E-state index contributed by atoms with van der Waals surface area (Å²) in [5, 5.41) is 6.92. The van der Waals surface area contributed by atoms with Gasteiger partial charge in [-0.2, -0.15) is 11.8 Å². The Balaban J connectivity index is 1.68. The second-order valence-corrected chi connectivity index (χ2v) is 6.19. The van der Waals surface area contributed by atoms with Crippen molar-refractivity contribution < 1.29 is 0 Å². The molecule has 1 aliphatic carbocycles. The van der Waals surface area contributed by atoms with E-state index in [1.165, 1.54) is 30.6 Å². The van der Waals surface area contributed by atoms with Crippen LogP contribution in [0.25, 0.3) is 0 Å². The summed E-state index contributed by atoms with van der Waals surface area (Å²) in [6, 6.07) is 11.3. The summed E-state index contributed by atoms with van der Waals surface area (Å²) in [6.07, 6.45) is 5.83. The first-order valence-corrected chi connectivity index (χ1v) is 8.75. The van der Waals surface area contributed by atoms with Crippen LogP contribution in [0.1, 0.15) is 30.7 Å². The van der Waals surface area contributed by atoms with Crippen molar-refractivity contribution >= 4 is 17.7 Å². The van der Waals surface area contributed by atoms with E-state index in [4.69, 9.17) is 0 Å². The number of hydrogen-bond donors (Lipinski definition) is 2. The maximum absolute atomic E-state index is 4.30. The normalized spacial score (nSPS) is 21.6. The van der Waals surface area contributed by atoms with Crippen molar-refractivity contribution in [1.29, 1.82) is 0 Å². The summed E-state index contributed by atoms with van der Waals surface area (Å²) < 4.78 is 0. The van der Waals surface area contributed by atoms with Crippen molar-refractivity contribution in [2.45, 2.75) is 31.2 Å². The fraction of sp³-hybridized carbons (Fsp3) is 0.562. The fourth-order valence-electron chi connectivity index (χ4n) is 2.37. The third-order valence-electron chi connectivity index (χ3n) is 3.63. The minimum atomic E-state index is 0.537. The molecule has 1 fully saturated rings. The monoisotopic (exact) mass is 291 g/mol. The Kier molecular flexibility index (Phi) is 6.25. The van der Waals surface area contributed by atoms with Crippen LogP contribution in [-0.4, -0.2) is 37.6 Å². The van der Waals surface area contributed by atoms with Crippen molar-refractivity contribution in [1.82, 2.24) is 10.6 Å². The van der Waals surface area contributed by atoms with Crippen LogP contribution >= 0.6 is 11.8 Å². The molecule has 0 aliphatic heterocycles. The standard InChI is InChI=1S/C16H25N3S/c1-17-16(18-10-6-7-11-20-2)19-15-12-14(15)13-8-4-3-5-9-13/h3-5,8-9,14-15H,6-7,10-12H2,1-2H3,(H2,17,18,19). The number of benzene rings is 1. The highest BCUT2D eigenvalue weighted by Crippen LogP contribution is 2.40.